The maximum atomic E-state index is 16.0. The van der Waals surface area contributed by atoms with Crippen molar-refractivity contribution in [3.8, 4) is 32.7 Å². The molecule has 9 rings (SSSR count). The molecule has 410 valence electrons. The van der Waals surface area contributed by atoms with E-state index in [1.54, 1.807) is 23.0 Å². The summed E-state index contributed by atoms with van der Waals surface area (Å²) in [6.45, 7) is 18.6. The van der Waals surface area contributed by atoms with Crippen LogP contribution in [0.4, 0.5) is 4.39 Å². The highest BCUT2D eigenvalue weighted by Gasteiger charge is 2.45. The van der Waals surface area contributed by atoms with Crippen LogP contribution >= 0.6 is 34.4 Å². The van der Waals surface area contributed by atoms with Crippen molar-refractivity contribution >= 4 is 65.6 Å². The molecule has 0 N–H and O–H groups in total. The van der Waals surface area contributed by atoms with Crippen molar-refractivity contribution in [2.75, 3.05) is 0 Å². The molecule has 2 atom stereocenters. The van der Waals surface area contributed by atoms with E-state index in [4.69, 9.17) is 4.37 Å². The second kappa shape index (κ2) is 26.7. The lowest BCUT2D eigenvalue weighted by molar-refractivity contribution is 0.473. The van der Waals surface area contributed by atoms with E-state index in [0.717, 1.165) is 27.9 Å². The monoisotopic (exact) mass is 1080 g/mol. The van der Waals surface area contributed by atoms with Crippen molar-refractivity contribution in [3.05, 3.63) is 93.1 Å². The van der Waals surface area contributed by atoms with Gasteiger partial charge in [0.1, 0.15) is 16.9 Å². The van der Waals surface area contributed by atoms with E-state index in [2.05, 4.69) is 94.4 Å². The van der Waals surface area contributed by atoms with Gasteiger partial charge in [-0.15, -0.1) is 22.7 Å². The van der Waals surface area contributed by atoms with Gasteiger partial charge in [0.05, 0.1) is 11.7 Å². The number of halogens is 1. The molecule has 0 saturated heterocycles. The first-order valence-corrected chi connectivity index (χ1v) is 33.6. The summed E-state index contributed by atoms with van der Waals surface area (Å²) in [5, 5.41) is 2.68. The molecular weight excluding hydrogens is 984 g/mol. The van der Waals surface area contributed by atoms with Gasteiger partial charge in [0.2, 0.25) is 0 Å². The Bertz CT molecular complexity index is 3000. The lowest BCUT2D eigenvalue weighted by atomic mass is 9.73. The van der Waals surface area contributed by atoms with Gasteiger partial charge in [-0.25, -0.2) is 4.39 Å². The highest BCUT2D eigenvalue weighted by Crippen LogP contribution is 2.60. The van der Waals surface area contributed by atoms with Gasteiger partial charge in [0, 0.05) is 41.1 Å². The van der Waals surface area contributed by atoms with E-state index in [1.807, 2.05) is 25.2 Å². The van der Waals surface area contributed by atoms with E-state index in [9.17, 15) is 0 Å². The van der Waals surface area contributed by atoms with Gasteiger partial charge in [-0.3, -0.25) is 0 Å². The summed E-state index contributed by atoms with van der Waals surface area (Å²) in [6.07, 6.45) is 41.0. The topological polar surface area (TPSA) is 25.8 Å². The van der Waals surface area contributed by atoms with Gasteiger partial charge in [-0.1, -0.05) is 235 Å². The fourth-order valence-electron chi connectivity index (χ4n) is 13.8. The first kappa shape index (κ1) is 57.2. The number of hydrogen-bond acceptors (Lipinski definition) is 5. The molecule has 2 aliphatic rings. The average Bonchev–Trinajstić information content (AvgIpc) is 4.25. The molecule has 2 aliphatic carbocycles. The van der Waals surface area contributed by atoms with Gasteiger partial charge < -0.3 is 0 Å². The predicted octanol–water partition coefficient (Wildman–Crippen LogP) is 24.5. The molecule has 0 radical (unpaired) electrons. The van der Waals surface area contributed by atoms with Crippen LogP contribution in [-0.4, -0.2) is 8.75 Å². The molecule has 0 saturated carbocycles. The maximum absolute atomic E-state index is 16.0. The molecular formula is C70H95FN2S3. The van der Waals surface area contributed by atoms with Crippen molar-refractivity contribution in [2.24, 2.45) is 0 Å². The number of rotatable bonds is 33. The van der Waals surface area contributed by atoms with Crippen molar-refractivity contribution in [2.45, 2.75) is 271 Å². The molecule has 6 heteroatoms. The minimum atomic E-state index is -0.174. The van der Waals surface area contributed by atoms with Crippen LogP contribution in [0.5, 0.6) is 0 Å². The molecule has 0 bridgehead atoms. The summed E-state index contributed by atoms with van der Waals surface area (Å²) in [5.41, 5.74) is 14.8. The van der Waals surface area contributed by atoms with Gasteiger partial charge in [-0.2, -0.15) is 8.75 Å². The zero-order valence-electron chi connectivity index (χ0n) is 48.6. The third kappa shape index (κ3) is 12.6. The smallest absolute Gasteiger partial charge is 0.129 e. The molecule has 76 heavy (non-hydrogen) atoms. The molecule has 3 heterocycles. The lowest BCUT2D eigenvalue weighted by Crippen LogP contribution is -2.22. The van der Waals surface area contributed by atoms with Crippen LogP contribution in [0, 0.1) is 5.82 Å². The summed E-state index contributed by atoms with van der Waals surface area (Å²) in [4.78, 5) is 2.57. The Morgan fingerprint density at radius 2 is 0.789 bits per heavy atom. The summed E-state index contributed by atoms with van der Waals surface area (Å²) in [7, 11) is 0. The molecule has 0 amide bonds. The SMILES string of the molecule is CCCCCCCCCCCCCCCCC1(C)c2cc3c(cc2-c2cc4sc(-c5cc(F)c(C(C)C)c6nsnc56)cc4cc21)C(C)(CCCCCCCCCCCCCCCC)c1cc2cc(C(C)C)sc2cc1-3. The van der Waals surface area contributed by atoms with Gasteiger partial charge in [0.25, 0.3) is 0 Å². The van der Waals surface area contributed by atoms with E-state index in [0.29, 0.717) is 11.5 Å². The number of fused-ring (bicyclic) bond motifs is 9. The first-order chi connectivity index (χ1) is 37.0. The number of hydrogen-bond donors (Lipinski definition) is 0. The number of unbranched alkanes of at least 4 members (excludes halogenated alkanes) is 26. The van der Waals surface area contributed by atoms with Crippen LogP contribution in [0.2, 0.25) is 0 Å². The van der Waals surface area contributed by atoms with Crippen LogP contribution in [0.3, 0.4) is 0 Å². The van der Waals surface area contributed by atoms with E-state index < -0.39 is 0 Å². The van der Waals surface area contributed by atoms with E-state index in [-0.39, 0.29) is 22.6 Å². The summed E-state index contributed by atoms with van der Waals surface area (Å²) in [5.74, 6) is 0.390. The Balaban J connectivity index is 0.985. The van der Waals surface area contributed by atoms with Crippen LogP contribution < -0.4 is 0 Å². The largest absolute Gasteiger partial charge is 0.207 e. The van der Waals surface area contributed by atoms with Crippen molar-refractivity contribution in [1.29, 1.82) is 0 Å². The molecule has 2 nitrogen and oxygen atoms in total. The molecule has 0 spiro atoms. The molecule has 3 aromatic heterocycles. The fourth-order valence-corrected chi connectivity index (χ4v) is 16.5. The molecule has 7 aromatic rings. The Morgan fingerprint density at radius 1 is 0.408 bits per heavy atom. The fraction of sp³-hybridized carbons (Fsp3) is 0.600. The predicted molar refractivity (Wildman–Crippen MR) is 335 cm³/mol. The van der Waals surface area contributed by atoms with Crippen LogP contribution in [0.15, 0.2) is 54.6 Å². The van der Waals surface area contributed by atoms with Crippen LogP contribution in [0.25, 0.3) is 63.9 Å². The molecule has 4 aromatic carbocycles. The molecule has 2 unspecified atom stereocenters. The summed E-state index contributed by atoms with van der Waals surface area (Å²) in [6, 6.07) is 22.2. The Labute approximate surface area is 472 Å². The van der Waals surface area contributed by atoms with Gasteiger partial charge >= 0.3 is 0 Å². The van der Waals surface area contributed by atoms with Crippen molar-refractivity contribution in [3.63, 3.8) is 0 Å². The number of aromatic nitrogens is 2. The Kier molecular flexibility index (Phi) is 20.1. The van der Waals surface area contributed by atoms with Gasteiger partial charge in [-0.05, 0) is 135 Å². The highest BCUT2D eigenvalue weighted by atomic mass is 32.1. The number of benzene rings is 4. The van der Waals surface area contributed by atoms with Crippen LogP contribution in [-0.2, 0) is 10.8 Å². The van der Waals surface area contributed by atoms with Crippen molar-refractivity contribution < 1.29 is 4.39 Å². The zero-order valence-corrected chi connectivity index (χ0v) is 51.0. The van der Waals surface area contributed by atoms with E-state index in [1.165, 1.54) is 262 Å². The minimum Gasteiger partial charge on any atom is -0.207 e. The lowest BCUT2D eigenvalue weighted by Gasteiger charge is -2.30. The third-order valence-electron chi connectivity index (χ3n) is 18.4. The second-order valence-corrected chi connectivity index (χ2v) is 27.7. The third-order valence-corrected chi connectivity index (χ3v) is 21.5. The first-order valence-electron chi connectivity index (χ1n) is 31.3. The quantitative estimate of drug-likeness (QED) is 0.0383. The molecule has 0 fully saturated rings. The van der Waals surface area contributed by atoms with Gasteiger partial charge in [0.15, 0.2) is 0 Å². The second-order valence-electron chi connectivity index (χ2n) is 25.0. The van der Waals surface area contributed by atoms with E-state index >= 15 is 4.39 Å². The number of thiophene rings is 2. The average molecular weight is 1080 g/mol. The minimum absolute atomic E-state index is 0.0351. The van der Waals surface area contributed by atoms with Crippen LogP contribution in [0.1, 0.15) is 293 Å². The maximum Gasteiger partial charge on any atom is 0.129 e. The highest BCUT2D eigenvalue weighted by molar-refractivity contribution is 7.22. The van der Waals surface area contributed by atoms with Crippen molar-refractivity contribution in [1.82, 2.24) is 8.75 Å². The summed E-state index contributed by atoms with van der Waals surface area (Å²) >= 11 is 4.99. The normalized spacial score (nSPS) is 16.8. The standard InChI is InChI=1S/C70H95FN2S3/c1-9-11-13-15-17-19-21-23-25-27-29-31-33-35-37-69(7)57-39-50-41-62(48(3)4)74-63(50)46-54(57)52-43-60-53(44-59(52)69)55-47-64-51(42-65(75-64)56-45-61(71)66(49(5)6)68-67(56)72-76-73-68)40-58(55)70(60,8)38-36-34-32-30-28-26-24-22-20-18-16-14-12-10-2/h39-49H,9-38H2,1-8H3. The molecule has 0 aliphatic heterocycles. The zero-order chi connectivity index (χ0) is 53.2. The number of nitrogens with zero attached hydrogens (tertiary/aromatic N) is 2. The Hall–Kier alpha value is -3.45. The summed E-state index contributed by atoms with van der Waals surface area (Å²) < 4.78 is 28.1. The Morgan fingerprint density at radius 3 is 1.22 bits per heavy atom.